The van der Waals surface area contributed by atoms with E-state index in [1.807, 2.05) is 30.3 Å². The number of hydrogen-bond acceptors (Lipinski definition) is 6. The van der Waals surface area contributed by atoms with Crippen LogP contribution in [0.1, 0.15) is 15.2 Å². The van der Waals surface area contributed by atoms with Crippen LogP contribution in [0.2, 0.25) is 0 Å². The summed E-state index contributed by atoms with van der Waals surface area (Å²) in [7, 11) is -2.40. The SMILES string of the molecule is COc1ccc(S(=O)(=O)N(Cc2ccccc2)c2ccc(C(=O)NO)s2)cc1. The van der Waals surface area contributed by atoms with Gasteiger partial charge in [-0.2, -0.15) is 0 Å². The summed E-state index contributed by atoms with van der Waals surface area (Å²) in [5.41, 5.74) is 2.35. The number of carbonyl (C=O) groups is 1. The van der Waals surface area contributed by atoms with Crippen LogP contribution in [0.3, 0.4) is 0 Å². The first-order chi connectivity index (χ1) is 13.5. The number of nitrogens with zero attached hydrogens (tertiary/aromatic N) is 1. The van der Waals surface area contributed by atoms with E-state index in [9.17, 15) is 13.2 Å². The predicted molar refractivity (Wildman–Crippen MR) is 106 cm³/mol. The normalized spacial score (nSPS) is 11.1. The molecule has 0 atom stereocenters. The third-order valence-corrected chi connectivity index (χ3v) is 6.98. The second-order valence-electron chi connectivity index (χ2n) is 5.75. The zero-order valence-corrected chi connectivity index (χ0v) is 16.5. The topological polar surface area (TPSA) is 95.9 Å². The molecule has 1 amide bonds. The van der Waals surface area contributed by atoms with Crippen molar-refractivity contribution < 1.29 is 23.2 Å². The van der Waals surface area contributed by atoms with E-state index in [-0.39, 0.29) is 16.3 Å². The monoisotopic (exact) mass is 418 g/mol. The minimum absolute atomic E-state index is 0.0932. The van der Waals surface area contributed by atoms with E-state index in [1.165, 1.54) is 29.6 Å². The van der Waals surface area contributed by atoms with E-state index in [0.717, 1.165) is 16.9 Å². The molecule has 2 aromatic carbocycles. The maximum Gasteiger partial charge on any atom is 0.284 e. The summed E-state index contributed by atoms with van der Waals surface area (Å²) in [5.74, 6) is -0.149. The van der Waals surface area contributed by atoms with Crippen LogP contribution in [-0.2, 0) is 16.6 Å². The highest BCUT2D eigenvalue weighted by atomic mass is 32.2. The molecular weight excluding hydrogens is 400 g/mol. The van der Waals surface area contributed by atoms with Gasteiger partial charge in [0.2, 0.25) is 0 Å². The third-order valence-electron chi connectivity index (χ3n) is 3.98. The summed E-state index contributed by atoms with van der Waals surface area (Å²) in [4.78, 5) is 12.0. The molecule has 0 spiro atoms. The number of amides is 1. The fraction of sp³-hybridized carbons (Fsp3) is 0.105. The molecule has 9 heteroatoms. The van der Waals surface area contributed by atoms with Crippen molar-refractivity contribution in [2.24, 2.45) is 0 Å². The van der Waals surface area contributed by atoms with Crippen molar-refractivity contribution in [3.05, 3.63) is 77.2 Å². The maximum atomic E-state index is 13.3. The van der Waals surface area contributed by atoms with E-state index in [0.29, 0.717) is 10.8 Å². The van der Waals surface area contributed by atoms with Gasteiger partial charge in [-0.05, 0) is 42.0 Å². The molecule has 0 saturated heterocycles. The Balaban J connectivity index is 2.04. The number of nitrogens with one attached hydrogen (secondary N) is 1. The van der Waals surface area contributed by atoms with Crippen LogP contribution in [0.15, 0.2) is 71.6 Å². The number of hydroxylamine groups is 1. The molecule has 2 N–H and O–H groups in total. The summed E-state index contributed by atoms with van der Waals surface area (Å²) in [6.07, 6.45) is 0. The zero-order valence-electron chi connectivity index (χ0n) is 14.9. The summed E-state index contributed by atoms with van der Waals surface area (Å²) in [6, 6.07) is 18.3. The number of hydrogen-bond donors (Lipinski definition) is 2. The first kappa shape index (κ1) is 19.9. The smallest absolute Gasteiger partial charge is 0.284 e. The molecule has 0 aliphatic carbocycles. The molecule has 0 aliphatic rings. The third kappa shape index (κ3) is 4.16. The minimum atomic E-state index is -3.90. The molecule has 1 heterocycles. The highest BCUT2D eigenvalue weighted by Gasteiger charge is 2.27. The molecular formula is C19H18N2O5S2. The lowest BCUT2D eigenvalue weighted by atomic mass is 10.2. The first-order valence-electron chi connectivity index (χ1n) is 8.20. The summed E-state index contributed by atoms with van der Waals surface area (Å²) < 4.78 is 33.0. The number of benzene rings is 2. The Hall–Kier alpha value is -2.88. The van der Waals surface area contributed by atoms with Gasteiger partial charge in [-0.15, -0.1) is 11.3 Å². The van der Waals surface area contributed by atoms with Crippen LogP contribution in [0.5, 0.6) is 5.75 Å². The average molecular weight is 418 g/mol. The van der Waals surface area contributed by atoms with Gasteiger partial charge in [0.15, 0.2) is 0 Å². The van der Waals surface area contributed by atoms with Gasteiger partial charge in [-0.25, -0.2) is 13.9 Å². The van der Waals surface area contributed by atoms with Crippen LogP contribution >= 0.6 is 11.3 Å². The van der Waals surface area contributed by atoms with E-state index < -0.39 is 15.9 Å². The highest BCUT2D eigenvalue weighted by molar-refractivity contribution is 7.93. The molecule has 3 aromatic rings. The first-order valence-corrected chi connectivity index (χ1v) is 10.5. The Kier molecular flexibility index (Phi) is 5.98. The van der Waals surface area contributed by atoms with Crippen molar-refractivity contribution >= 4 is 32.3 Å². The molecule has 0 bridgehead atoms. The van der Waals surface area contributed by atoms with Gasteiger partial charge in [0, 0.05) is 0 Å². The van der Waals surface area contributed by atoms with E-state index in [2.05, 4.69) is 0 Å². The Morgan fingerprint density at radius 2 is 1.75 bits per heavy atom. The average Bonchev–Trinajstić information content (AvgIpc) is 3.22. The molecule has 146 valence electrons. The summed E-state index contributed by atoms with van der Waals surface area (Å²) >= 11 is 0.972. The van der Waals surface area contributed by atoms with E-state index in [4.69, 9.17) is 9.94 Å². The van der Waals surface area contributed by atoms with E-state index in [1.54, 1.807) is 23.7 Å². The van der Waals surface area contributed by atoms with Gasteiger partial charge in [-0.1, -0.05) is 30.3 Å². The fourth-order valence-electron chi connectivity index (χ4n) is 2.54. The second kappa shape index (κ2) is 8.42. The van der Waals surface area contributed by atoms with Gasteiger partial charge in [0.25, 0.3) is 15.9 Å². The van der Waals surface area contributed by atoms with E-state index >= 15 is 0 Å². The Labute approximate surface area is 166 Å². The van der Waals surface area contributed by atoms with Gasteiger partial charge >= 0.3 is 0 Å². The van der Waals surface area contributed by atoms with Crippen LogP contribution in [0.4, 0.5) is 5.00 Å². The molecule has 1 aromatic heterocycles. The van der Waals surface area contributed by atoms with Crippen molar-refractivity contribution in [2.75, 3.05) is 11.4 Å². The van der Waals surface area contributed by atoms with Crippen LogP contribution in [-0.4, -0.2) is 26.6 Å². The number of rotatable bonds is 7. The lowest BCUT2D eigenvalue weighted by Crippen LogP contribution is -2.29. The van der Waals surface area contributed by atoms with Crippen molar-refractivity contribution in [1.29, 1.82) is 0 Å². The maximum absolute atomic E-state index is 13.3. The predicted octanol–water partition coefficient (Wildman–Crippen LogP) is 3.27. The summed E-state index contributed by atoms with van der Waals surface area (Å²) in [6.45, 7) is 0.0932. The van der Waals surface area contributed by atoms with Gasteiger partial charge in [-0.3, -0.25) is 14.3 Å². The second-order valence-corrected chi connectivity index (χ2v) is 8.68. The molecule has 0 unspecified atom stereocenters. The van der Waals surface area contributed by atoms with Crippen LogP contribution < -0.4 is 14.5 Å². The summed E-state index contributed by atoms with van der Waals surface area (Å²) in [5, 5.41) is 9.18. The van der Waals surface area contributed by atoms with Crippen molar-refractivity contribution in [1.82, 2.24) is 5.48 Å². The Bertz CT molecular complexity index is 1050. The molecule has 0 saturated carbocycles. The number of ether oxygens (including phenoxy) is 1. The van der Waals surface area contributed by atoms with Crippen molar-refractivity contribution in [3.8, 4) is 5.75 Å². The molecule has 3 rings (SSSR count). The Morgan fingerprint density at radius 1 is 1.07 bits per heavy atom. The lowest BCUT2D eigenvalue weighted by Gasteiger charge is -2.23. The number of methoxy groups -OCH3 is 1. The number of carbonyl (C=O) groups excluding carboxylic acids is 1. The minimum Gasteiger partial charge on any atom is -0.497 e. The Morgan fingerprint density at radius 3 is 2.36 bits per heavy atom. The number of sulfonamides is 1. The number of thiophene rings is 1. The fourth-order valence-corrected chi connectivity index (χ4v) is 5.10. The van der Waals surface area contributed by atoms with Gasteiger partial charge in [0.1, 0.15) is 10.8 Å². The molecule has 28 heavy (non-hydrogen) atoms. The van der Waals surface area contributed by atoms with Crippen LogP contribution in [0.25, 0.3) is 0 Å². The highest BCUT2D eigenvalue weighted by Crippen LogP contribution is 2.32. The molecule has 0 aliphatic heterocycles. The molecule has 7 nitrogen and oxygen atoms in total. The largest absolute Gasteiger partial charge is 0.497 e. The van der Waals surface area contributed by atoms with Crippen LogP contribution in [0, 0.1) is 0 Å². The van der Waals surface area contributed by atoms with Gasteiger partial charge < -0.3 is 4.74 Å². The van der Waals surface area contributed by atoms with Gasteiger partial charge in [0.05, 0.1) is 23.4 Å². The lowest BCUT2D eigenvalue weighted by molar-refractivity contribution is 0.0711. The zero-order chi connectivity index (χ0) is 20.1. The molecule has 0 fully saturated rings. The van der Waals surface area contributed by atoms with Crippen molar-refractivity contribution in [3.63, 3.8) is 0 Å². The quantitative estimate of drug-likeness (QED) is 0.453. The standard InChI is InChI=1S/C19H18N2O5S2/c1-26-15-7-9-16(10-8-15)28(24,25)21(13-14-5-3-2-4-6-14)18-12-11-17(27-18)19(22)20-23/h2-12,23H,13H2,1H3,(H,20,22). The number of anilines is 1. The van der Waals surface area contributed by atoms with Crippen molar-refractivity contribution in [2.45, 2.75) is 11.4 Å². The molecule has 0 radical (unpaired) electrons.